The van der Waals surface area contributed by atoms with Gasteiger partial charge in [0.25, 0.3) is 5.91 Å². The van der Waals surface area contributed by atoms with Crippen molar-refractivity contribution in [1.29, 1.82) is 0 Å². The molecule has 1 aromatic heterocycles. The third-order valence-corrected chi connectivity index (χ3v) is 6.14. The predicted molar refractivity (Wildman–Crippen MR) is 121 cm³/mol. The van der Waals surface area contributed by atoms with Crippen LogP contribution in [0.4, 0.5) is 0 Å². The predicted octanol–water partition coefficient (Wildman–Crippen LogP) is 4.21. The van der Waals surface area contributed by atoms with Gasteiger partial charge in [-0.05, 0) is 37.7 Å². The first-order chi connectivity index (χ1) is 15.5. The van der Waals surface area contributed by atoms with Gasteiger partial charge in [0.1, 0.15) is 12.1 Å². The third kappa shape index (κ3) is 5.39. The summed E-state index contributed by atoms with van der Waals surface area (Å²) in [5.74, 6) is -0.845. The van der Waals surface area contributed by atoms with Crippen LogP contribution in [0.2, 0.25) is 0 Å². The van der Waals surface area contributed by atoms with E-state index >= 15 is 0 Å². The molecule has 172 valence electrons. The zero-order chi connectivity index (χ0) is 23.1. The highest BCUT2D eigenvalue weighted by molar-refractivity contribution is 5.97. The first-order valence-electron chi connectivity index (χ1n) is 11.2. The van der Waals surface area contributed by atoms with Gasteiger partial charge in [0, 0.05) is 18.2 Å². The summed E-state index contributed by atoms with van der Waals surface area (Å²) in [7, 11) is 1.39. The van der Waals surface area contributed by atoms with Crippen LogP contribution >= 0.6 is 0 Å². The summed E-state index contributed by atoms with van der Waals surface area (Å²) in [6, 6.07) is 10.8. The molecule has 1 fully saturated rings. The van der Waals surface area contributed by atoms with Crippen LogP contribution in [0, 0.1) is 5.92 Å². The highest BCUT2D eigenvalue weighted by Crippen LogP contribution is 2.37. The van der Waals surface area contributed by atoms with Crippen LogP contribution in [0.5, 0.6) is 11.5 Å². The molecule has 1 amide bonds. The Hall–Kier alpha value is -3.09. The van der Waals surface area contributed by atoms with Crippen LogP contribution in [0.3, 0.4) is 0 Å². The number of benzene rings is 1. The number of aromatic hydroxyl groups is 1. The fourth-order valence-corrected chi connectivity index (χ4v) is 4.64. The van der Waals surface area contributed by atoms with E-state index in [1.165, 1.54) is 24.9 Å². The molecule has 0 aliphatic carbocycles. The van der Waals surface area contributed by atoms with Crippen molar-refractivity contribution < 1.29 is 24.2 Å². The molecular formula is C25H32N2O5. The maximum absolute atomic E-state index is 13.0. The van der Waals surface area contributed by atoms with Gasteiger partial charge in [0.15, 0.2) is 17.2 Å². The highest BCUT2D eigenvalue weighted by atomic mass is 16.5. The normalized spacial score (nSPS) is 23.9. The van der Waals surface area contributed by atoms with E-state index in [1.807, 2.05) is 25.1 Å². The standard InChI is InChI=1S/C25H32N2O5/c1-4-9-17-12-8-13-19(27-24(29)22-23(28)20(31-3)14-15-26-22)25(30)32-16(2)21(17)18-10-6-5-7-11-18/h5-7,10-11,14-17,19,21,28H,4,8-9,12-13H2,1-3H3,(H,27,29)/t16-,17-,19-,21-/m0/s1. The van der Waals surface area contributed by atoms with Gasteiger partial charge in [-0.2, -0.15) is 0 Å². The maximum atomic E-state index is 13.0. The van der Waals surface area contributed by atoms with Crippen molar-refractivity contribution in [3.8, 4) is 11.5 Å². The molecule has 4 atom stereocenters. The molecule has 3 rings (SSSR count). The van der Waals surface area contributed by atoms with Crippen LogP contribution in [-0.4, -0.2) is 41.2 Å². The number of nitrogens with one attached hydrogen (secondary N) is 1. The molecule has 32 heavy (non-hydrogen) atoms. The zero-order valence-electron chi connectivity index (χ0n) is 18.9. The number of ether oxygens (including phenoxy) is 2. The molecule has 1 saturated heterocycles. The fraction of sp³-hybridized carbons (Fsp3) is 0.480. The number of rotatable bonds is 6. The first kappa shape index (κ1) is 23.6. The number of nitrogens with zero attached hydrogens (tertiary/aromatic N) is 1. The van der Waals surface area contributed by atoms with E-state index in [0.717, 1.165) is 25.7 Å². The van der Waals surface area contributed by atoms with Crippen molar-refractivity contribution in [3.63, 3.8) is 0 Å². The van der Waals surface area contributed by atoms with Crippen LogP contribution in [-0.2, 0) is 9.53 Å². The zero-order valence-corrected chi connectivity index (χ0v) is 18.9. The van der Waals surface area contributed by atoms with Gasteiger partial charge in [-0.15, -0.1) is 0 Å². The van der Waals surface area contributed by atoms with Gasteiger partial charge in [-0.25, -0.2) is 9.78 Å². The molecule has 1 aromatic carbocycles. The van der Waals surface area contributed by atoms with Gasteiger partial charge in [0.2, 0.25) is 0 Å². The third-order valence-electron chi connectivity index (χ3n) is 6.14. The smallest absolute Gasteiger partial charge is 0.328 e. The Morgan fingerprint density at radius 2 is 2.00 bits per heavy atom. The fourth-order valence-electron chi connectivity index (χ4n) is 4.64. The minimum atomic E-state index is -0.811. The summed E-state index contributed by atoms with van der Waals surface area (Å²) in [6.45, 7) is 4.10. The lowest BCUT2D eigenvalue weighted by Crippen LogP contribution is -2.43. The monoisotopic (exact) mass is 440 g/mol. The Bertz CT molecular complexity index is 918. The summed E-state index contributed by atoms with van der Waals surface area (Å²) >= 11 is 0. The minimum Gasteiger partial charge on any atom is -0.503 e. The van der Waals surface area contributed by atoms with Crippen molar-refractivity contribution in [2.75, 3.05) is 7.11 Å². The van der Waals surface area contributed by atoms with E-state index in [0.29, 0.717) is 12.3 Å². The molecule has 2 aromatic rings. The van der Waals surface area contributed by atoms with Gasteiger partial charge < -0.3 is 19.9 Å². The molecule has 7 heteroatoms. The maximum Gasteiger partial charge on any atom is 0.328 e. The van der Waals surface area contributed by atoms with E-state index in [4.69, 9.17) is 9.47 Å². The average Bonchev–Trinajstić information content (AvgIpc) is 2.83. The lowest BCUT2D eigenvalue weighted by molar-refractivity contribution is -0.152. The molecule has 0 bridgehead atoms. The number of carbonyl (C=O) groups is 2. The Labute approximate surface area is 189 Å². The Morgan fingerprint density at radius 3 is 2.69 bits per heavy atom. The molecular weight excluding hydrogens is 408 g/mol. The molecule has 0 unspecified atom stereocenters. The Morgan fingerprint density at radius 1 is 1.25 bits per heavy atom. The summed E-state index contributed by atoms with van der Waals surface area (Å²) < 4.78 is 10.9. The summed E-state index contributed by atoms with van der Waals surface area (Å²) in [5, 5.41) is 12.9. The molecule has 0 saturated carbocycles. The van der Waals surface area contributed by atoms with E-state index in [9.17, 15) is 14.7 Å². The van der Waals surface area contributed by atoms with Crippen LogP contribution in [0.15, 0.2) is 42.6 Å². The van der Waals surface area contributed by atoms with E-state index in [2.05, 4.69) is 29.4 Å². The number of amides is 1. The first-order valence-corrected chi connectivity index (χ1v) is 11.2. The van der Waals surface area contributed by atoms with Gasteiger partial charge in [-0.3, -0.25) is 4.79 Å². The second-order valence-corrected chi connectivity index (χ2v) is 8.29. The summed E-state index contributed by atoms with van der Waals surface area (Å²) in [5.41, 5.74) is 0.982. The van der Waals surface area contributed by atoms with Crippen LogP contribution in [0.25, 0.3) is 0 Å². The van der Waals surface area contributed by atoms with Crippen LogP contribution < -0.4 is 10.1 Å². The molecule has 1 aliphatic heterocycles. The summed E-state index contributed by atoms with van der Waals surface area (Å²) in [6.07, 6.45) is 5.31. The molecule has 2 N–H and O–H groups in total. The topological polar surface area (TPSA) is 97.8 Å². The highest BCUT2D eigenvalue weighted by Gasteiger charge is 2.35. The number of aromatic nitrogens is 1. The number of hydrogen-bond acceptors (Lipinski definition) is 6. The van der Waals surface area contributed by atoms with Gasteiger partial charge >= 0.3 is 5.97 Å². The van der Waals surface area contributed by atoms with E-state index in [-0.39, 0.29) is 29.2 Å². The number of esters is 1. The SMILES string of the molecule is CCC[C@H]1CCC[C@H](NC(=O)c2nccc(OC)c2O)C(=O)O[C@@H](C)[C@@H]1c1ccccc1. The quantitative estimate of drug-likeness (QED) is 0.653. The lowest BCUT2D eigenvalue weighted by atomic mass is 9.77. The molecule has 1 aliphatic rings. The Balaban J connectivity index is 1.80. The van der Waals surface area contributed by atoms with E-state index in [1.54, 1.807) is 0 Å². The number of cyclic esters (lactones) is 1. The van der Waals surface area contributed by atoms with Crippen LogP contribution in [0.1, 0.15) is 67.9 Å². The van der Waals surface area contributed by atoms with Gasteiger partial charge in [0.05, 0.1) is 7.11 Å². The van der Waals surface area contributed by atoms with Crippen molar-refractivity contribution in [3.05, 3.63) is 53.9 Å². The van der Waals surface area contributed by atoms with Crippen molar-refractivity contribution in [2.45, 2.75) is 64.0 Å². The number of hydrogen-bond donors (Lipinski definition) is 2. The largest absolute Gasteiger partial charge is 0.503 e. The second-order valence-electron chi connectivity index (χ2n) is 8.29. The molecule has 0 radical (unpaired) electrons. The van der Waals surface area contributed by atoms with Crippen molar-refractivity contribution in [1.82, 2.24) is 10.3 Å². The van der Waals surface area contributed by atoms with Gasteiger partial charge in [-0.1, -0.05) is 50.1 Å². The minimum absolute atomic E-state index is 0.0960. The number of pyridine rings is 1. The second kappa shape index (κ2) is 11.0. The molecule has 7 nitrogen and oxygen atoms in total. The average molecular weight is 441 g/mol. The number of methoxy groups -OCH3 is 1. The van der Waals surface area contributed by atoms with Crippen molar-refractivity contribution >= 4 is 11.9 Å². The summed E-state index contributed by atoms with van der Waals surface area (Å²) in [4.78, 5) is 29.7. The number of carbonyl (C=O) groups excluding carboxylic acids is 2. The van der Waals surface area contributed by atoms with Crippen molar-refractivity contribution in [2.24, 2.45) is 5.92 Å². The van der Waals surface area contributed by atoms with E-state index < -0.39 is 17.9 Å². The molecule has 0 spiro atoms. The Kier molecular flexibility index (Phi) is 8.09. The molecule has 2 heterocycles. The lowest BCUT2D eigenvalue weighted by Gasteiger charge is -2.31.